The van der Waals surface area contributed by atoms with E-state index in [1.54, 1.807) is 12.5 Å². The highest BCUT2D eigenvalue weighted by molar-refractivity contribution is 5.77. The van der Waals surface area contributed by atoms with Gasteiger partial charge in [0.25, 0.3) is 0 Å². The first-order valence-corrected chi connectivity index (χ1v) is 9.65. The topological polar surface area (TPSA) is 62.5 Å². The second-order valence-corrected chi connectivity index (χ2v) is 7.11. The molecule has 0 radical (unpaired) electrons. The molecule has 3 aromatic rings. The van der Waals surface area contributed by atoms with E-state index in [0.29, 0.717) is 12.8 Å². The van der Waals surface area contributed by atoms with E-state index in [1.165, 1.54) is 5.56 Å². The van der Waals surface area contributed by atoms with Crippen LogP contribution in [0.3, 0.4) is 0 Å². The van der Waals surface area contributed by atoms with Crippen LogP contribution in [0.15, 0.2) is 59.4 Å². The Labute approximate surface area is 164 Å². The molecule has 6 nitrogen and oxygen atoms in total. The predicted octanol–water partition coefficient (Wildman–Crippen LogP) is 3.33. The third-order valence-corrected chi connectivity index (χ3v) is 5.15. The van der Waals surface area contributed by atoms with Gasteiger partial charge in [0.05, 0.1) is 0 Å². The second kappa shape index (κ2) is 8.25. The molecule has 1 aromatic carbocycles. The highest BCUT2D eigenvalue weighted by atomic mass is 16.5. The zero-order valence-corrected chi connectivity index (χ0v) is 16.0. The minimum atomic E-state index is 0.178. The summed E-state index contributed by atoms with van der Waals surface area (Å²) in [5.74, 6) is 1.15. The first kappa shape index (κ1) is 18.2. The van der Waals surface area contributed by atoms with E-state index in [9.17, 15) is 4.79 Å². The van der Waals surface area contributed by atoms with Crippen molar-refractivity contribution in [3.63, 3.8) is 0 Å². The molecule has 1 amide bonds. The van der Waals surface area contributed by atoms with Crippen LogP contribution >= 0.6 is 0 Å². The van der Waals surface area contributed by atoms with Crippen LogP contribution in [0.1, 0.15) is 17.5 Å². The highest BCUT2D eigenvalue weighted by Gasteiger charge is 2.22. The molecule has 0 N–H and O–H groups in total. The largest absolute Gasteiger partial charge is 0.364 e. The first-order chi connectivity index (χ1) is 13.7. The number of aryl methyl sites for hydroxylation is 2. The number of pyridine rings is 1. The molecule has 1 aliphatic heterocycles. The number of amides is 1. The summed E-state index contributed by atoms with van der Waals surface area (Å²) in [6, 6.07) is 14.1. The Hall–Kier alpha value is -3.15. The van der Waals surface area contributed by atoms with E-state index >= 15 is 0 Å². The van der Waals surface area contributed by atoms with Gasteiger partial charge in [-0.05, 0) is 31.5 Å². The lowest BCUT2D eigenvalue weighted by atomic mass is 10.0. The third-order valence-electron chi connectivity index (χ3n) is 5.15. The Morgan fingerprint density at radius 2 is 1.96 bits per heavy atom. The molecular formula is C22H24N4O2. The van der Waals surface area contributed by atoms with Gasteiger partial charge in [-0.3, -0.25) is 4.79 Å². The molecule has 4 rings (SSSR count). The van der Waals surface area contributed by atoms with E-state index in [0.717, 1.165) is 48.8 Å². The fourth-order valence-electron chi connectivity index (χ4n) is 3.59. The Morgan fingerprint density at radius 1 is 1.11 bits per heavy atom. The second-order valence-electron chi connectivity index (χ2n) is 7.11. The molecule has 1 aliphatic rings. The predicted molar refractivity (Wildman–Crippen MR) is 108 cm³/mol. The van der Waals surface area contributed by atoms with Crippen LogP contribution in [0.5, 0.6) is 0 Å². The van der Waals surface area contributed by atoms with Crippen LogP contribution in [-0.4, -0.2) is 47.1 Å². The molecular weight excluding hydrogens is 352 g/mol. The number of anilines is 1. The van der Waals surface area contributed by atoms with Crippen molar-refractivity contribution in [2.75, 3.05) is 31.1 Å². The van der Waals surface area contributed by atoms with Gasteiger partial charge in [-0.25, -0.2) is 4.98 Å². The van der Waals surface area contributed by atoms with Gasteiger partial charge in [0, 0.05) is 49.9 Å². The number of nitrogens with zero attached hydrogens (tertiary/aromatic N) is 4. The lowest BCUT2D eigenvalue weighted by Gasteiger charge is -2.35. The average Bonchev–Trinajstić information content (AvgIpc) is 3.21. The van der Waals surface area contributed by atoms with Gasteiger partial charge in [0.1, 0.15) is 17.8 Å². The van der Waals surface area contributed by atoms with E-state index in [1.807, 2.05) is 35.2 Å². The Bertz CT molecular complexity index is 930. The maximum absolute atomic E-state index is 12.7. The molecule has 0 atom stereocenters. The molecule has 2 aromatic heterocycles. The SMILES string of the molecule is Cc1cccc(-c2nocc2CCC(=O)N2CCN(c3ccccn3)CC2)c1. The lowest BCUT2D eigenvalue weighted by Crippen LogP contribution is -2.49. The van der Waals surface area contributed by atoms with Crippen LogP contribution in [0, 0.1) is 6.92 Å². The summed E-state index contributed by atoms with van der Waals surface area (Å²) in [5, 5.41) is 4.15. The van der Waals surface area contributed by atoms with Gasteiger partial charge in [0.2, 0.25) is 5.91 Å². The standard InChI is InChI=1S/C22H24N4O2/c1-17-5-4-6-18(15-17)22-19(16-28-24-22)8-9-21(27)26-13-11-25(12-14-26)20-7-2-3-10-23-20/h2-7,10,15-16H,8-9,11-14H2,1H3. The van der Waals surface area contributed by atoms with Crippen molar-refractivity contribution in [3.05, 3.63) is 66.1 Å². The number of carbonyl (C=O) groups excluding carboxylic acids is 1. The monoisotopic (exact) mass is 376 g/mol. The Kier molecular flexibility index (Phi) is 5.37. The molecule has 0 bridgehead atoms. The van der Waals surface area contributed by atoms with Gasteiger partial charge in [-0.1, -0.05) is 35.0 Å². The number of carbonyl (C=O) groups is 1. The molecule has 3 heterocycles. The number of piperazine rings is 1. The van der Waals surface area contributed by atoms with E-state index in [2.05, 4.69) is 34.1 Å². The molecule has 0 aliphatic carbocycles. The van der Waals surface area contributed by atoms with Crippen LogP contribution in [0.4, 0.5) is 5.82 Å². The van der Waals surface area contributed by atoms with Crippen molar-refractivity contribution >= 4 is 11.7 Å². The number of benzene rings is 1. The molecule has 6 heteroatoms. The fraction of sp³-hybridized carbons (Fsp3) is 0.318. The third kappa shape index (κ3) is 4.06. The van der Waals surface area contributed by atoms with Crippen LogP contribution in [-0.2, 0) is 11.2 Å². The number of hydrogen-bond acceptors (Lipinski definition) is 5. The smallest absolute Gasteiger partial charge is 0.223 e. The van der Waals surface area contributed by atoms with E-state index in [4.69, 9.17) is 4.52 Å². The Balaban J connectivity index is 1.33. The van der Waals surface area contributed by atoms with Gasteiger partial charge < -0.3 is 14.3 Å². The van der Waals surface area contributed by atoms with Crippen LogP contribution in [0.2, 0.25) is 0 Å². The molecule has 1 fully saturated rings. The maximum atomic E-state index is 12.7. The zero-order chi connectivity index (χ0) is 19.3. The number of hydrogen-bond donors (Lipinski definition) is 0. The van der Waals surface area contributed by atoms with Crippen molar-refractivity contribution in [3.8, 4) is 11.3 Å². The van der Waals surface area contributed by atoms with Crippen molar-refractivity contribution in [1.29, 1.82) is 0 Å². The molecule has 1 saturated heterocycles. The summed E-state index contributed by atoms with van der Waals surface area (Å²) in [6.45, 7) is 5.13. The van der Waals surface area contributed by atoms with Crippen molar-refractivity contribution in [2.24, 2.45) is 0 Å². The lowest BCUT2D eigenvalue weighted by molar-refractivity contribution is -0.131. The quantitative estimate of drug-likeness (QED) is 0.684. The minimum Gasteiger partial charge on any atom is -0.364 e. The Morgan fingerprint density at radius 3 is 2.71 bits per heavy atom. The van der Waals surface area contributed by atoms with Crippen molar-refractivity contribution in [1.82, 2.24) is 15.0 Å². The van der Waals surface area contributed by atoms with E-state index < -0.39 is 0 Å². The summed E-state index contributed by atoms with van der Waals surface area (Å²) in [4.78, 5) is 21.2. The van der Waals surface area contributed by atoms with Gasteiger partial charge in [-0.15, -0.1) is 0 Å². The molecule has 28 heavy (non-hydrogen) atoms. The van der Waals surface area contributed by atoms with Gasteiger partial charge in [0.15, 0.2) is 0 Å². The molecule has 144 valence electrons. The summed E-state index contributed by atoms with van der Waals surface area (Å²) >= 11 is 0. The number of aromatic nitrogens is 2. The maximum Gasteiger partial charge on any atom is 0.223 e. The van der Waals surface area contributed by atoms with Gasteiger partial charge >= 0.3 is 0 Å². The zero-order valence-electron chi connectivity index (χ0n) is 16.0. The summed E-state index contributed by atoms with van der Waals surface area (Å²) < 4.78 is 5.19. The van der Waals surface area contributed by atoms with Crippen molar-refractivity contribution < 1.29 is 9.32 Å². The fourth-order valence-corrected chi connectivity index (χ4v) is 3.59. The van der Waals surface area contributed by atoms with Crippen LogP contribution < -0.4 is 4.90 Å². The van der Waals surface area contributed by atoms with Crippen LogP contribution in [0.25, 0.3) is 11.3 Å². The summed E-state index contributed by atoms with van der Waals surface area (Å²) in [5.41, 5.74) is 4.01. The van der Waals surface area contributed by atoms with Gasteiger partial charge in [-0.2, -0.15) is 0 Å². The van der Waals surface area contributed by atoms with Crippen molar-refractivity contribution in [2.45, 2.75) is 19.8 Å². The molecule has 0 spiro atoms. The average molecular weight is 376 g/mol. The minimum absolute atomic E-state index is 0.178. The first-order valence-electron chi connectivity index (χ1n) is 9.65. The summed E-state index contributed by atoms with van der Waals surface area (Å²) in [6.07, 6.45) is 4.55. The normalized spacial score (nSPS) is 14.3. The van der Waals surface area contributed by atoms with E-state index in [-0.39, 0.29) is 5.91 Å². The summed E-state index contributed by atoms with van der Waals surface area (Å²) in [7, 11) is 0. The highest BCUT2D eigenvalue weighted by Crippen LogP contribution is 2.24. The molecule has 0 saturated carbocycles. The molecule has 0 unspecified atom stereocenters. The number of rotatable bonds is 5.